The number of carbonyl (C=O) groups excluding carboxylic acids is 2. The Labute approximate surface area is 201 Å². The topological polar surface area (TPSA) is 80.3 Å². The molecule has 0 aliphatic carbocycles. The molecule has 0 saturated heterocycles. The largest absolute Gasteiger partial charge is 1.00 e. The molecular formula is C14H8K2O4. The smallest absolute Gasteiger partial charge is 0.545 e. The molecule has 20 heavy (non-hydrogen) atoms. The van der Waals surface area contributed by atoms with Crippen LogP contribution in [0.25, 0.3) is 11.1 Å². The van der Waals surface area contributed by atoms with Gasteiger partial charge in [-0.25, -0.2) is 0 Å². The van der Waals surface area contributed by atoms with Crippen LogP contribution >= 0.6 is 0 Å². The Balaban J connectivity index is 0.00000180. The summed E-state index contributed by atoms with van der Waals surface area (Å²) in [4.78, 5) is 21.5. The molecule has 90 valence electrons. The Kier molecular flexibility index (Phi) is 9.94. The average molecular weight is 318 g/mol. The van der Waals surface area contributed by atoms with Crippen molar-refractivity contribution in [1.29, 1.82) is 0 Å². The summed E-state index contributed by atoms with van der Waals surface area (Å²) in [6.07, 6.45) is 0. The van der Waals surface area contributed by atoms with Gasteiger partial charge in [-0.05, 0) is 34.4 Å². The monoisotopic (exact) mass is 318 g/mol. The zero-order chi connectivity index (χ0) is 13.1. The molecule has 0 unspecified atom stereocenters. The number of carbonyl (C=O) groups is 2. The summed E-state index contributed by atoms with van der Waals surface area (Å²) in [6, 6.07) is 12.2. The number of benzene rings is 2. The number of hydrogen-bond acceptors (Lipinski definition) is 4. The van der Waals surface area contributed by atoms with Crippen molar-refractivity contribution in [2.75, 3.05) is 0 Å². The van der Waals surface area contributed by atoms with Gasteiger partial charge in [0.1, 0.15) is 0 Å². The molecule has 0 aromatic heterocycles. The first-order chi connectivity index (χ1) is 8.58. The Morgan fingerprint density at radius 2 is 1.05 bits per heavy atom. The SMILES string of the molecule is O=C([O-])c1cccc(-c2cccc(C(=O)[O-])c2)c1.[K+].[K+]. The Bertz CT molecular complexity index is 571. The van der Waals surface area contributed by atoms with Crippen LogP contribution in [0.5, 0.6) is 0 Å². The maximum absolute atomic E-state index is 10.7. The van der Waals surface area contributed by atoms with Crippen LogP contribution in [0.1, 0.15) is 20.7 Å². The second-order valence-corrected chi connectivity index (χ2v) is 3.74. The second-order valence-electron chi connectivity index (χ2n) is 3.74. The molecule has 0 atom stereocenters. The van der Waals surface area contributed by atoms with Crippen LogP contribution in [0.4, 0.5) is 0 Å². The third-order valence-corrected chi connectivity index (χ3v) is 2.53. The van der Waals surface area contributed by atoms with Crippen molar-refractivity contribution in [2.24, 2.45) is 0 Å². The first-order valence-electron chi connectivity index (χ1n) is 5.21. The standard InChI is InChI=1S/C14H10O4.2K/c15-13(16)11-5-1-3-9(7-11)10-4-2-6-12(8-10)14(17)18;;/h1-8H,(H,15,16)(H,17,18);;/q;2*+1/p-2. The minimum atomic E-state index is -1.27. The second kappa shape index (κ2) is 9.63. The molecule has 0 N–H and O–H groups in total. The maximum Gasteiger partial charge on any atom is 1.00 e. The van der Waals surface area contributed by atoms with E-state index < -0.39 is 11.9 Å². The predicted octanol–water partition coefficient (Wildman–Crippen LogP) is -5.91. The van der Waals surface area contributed by atoms with E-state index in [9.17, 15) is 19.8 Å². The molecule has 2 aromatic rings. The van der Waals surface area contributed by atoms with Gasteiger partial charge in [0.2, 0.25) is 0 Å². The first kappa shape index (κ1) is 20.7. The normalized spacial score (nSPS) is 9.00. The molecule has 0 saturated carbocycles. The van der Waals surface area contributed by atoms with Crippen molar-refractivity contribution < 1.29 is 123 Å². The summed E-state index contributed by atoms with van der Waals surface area (Å²) in [5.41, 5.74) is 1.32. The van der Waals surface area contributed by atoms with Crippen LogP contribution in [0.3, 0.4) is 0 Å². The molecule has 0 aliphatic heterocycles. The molecule has 0 aliphatic rings. The van der Waals surface area contributed by atoms with E-state index in [1.807, 2.05) is 0 Å². The van der Waals surface area contributed by atoms with Crippen molar-refractivity contribution in [3.8, 4) is 11.1 Å². The summed E-state index contributed by atoms with van der Waals surface area (Å²) < 4.78 is 0. The van der Waals surface area contributed by atoms with Crippen LogP contribution in [0.15, 0.2) is 48.5 Å². The summed E-state index contributed by atoms with van der Waals surface area (Å²) in [5.74, 6) is -2.54. The third kappa shape index (κ3) is 5.45. The zero-order valence-electron chi connectivity index (χ0n) is 11.3. The molecule has 0 radical (unpaired) electrons. The van der Waals surface area contributed by atoms with Crippen LogP contribution in [-0.4, -0.2) is 11.9 Å². The van der Waals surface area contributed by atoms with Crippen LogP contribution in [0, 0.1) is 0 Å². The van der Waals surface area contributed by atoms with Crippen molar-refractivity contribution in [3.05, 3.63) is 59.7 Å². The molecule has 6 heteroatoms. The van der Waals surface area contributed by atoms with Crippen LogP contribution in [-0.2, 0) is 0 Å². The Morgan fingerprint density at radius 1 is 0.700 bits per heavy atom. The van der Waals surface area contributed by atoms with Gasteiger partial charge in [-0.1, -0.05) is 36.4 Å². The summed E-state index contributed by atoms with van der Waals surface area (Å²) in [7, 11) is 0. The number of aromatic carboxylic acids is 2. The van der Waals surface area contributed by atoms with Gasteiger partial charge in [0, 0.05) is 0 Å². The van der Waals surface area contributed by atoms with Crippen molar-refractivity contribution >= 4 is 11.9 Å². The van der Waals surface area contributed by atoms with Gasteiger partial charge in [0.25, 0.3) is 0 Å². The van der Waals surface area contributed by atoms with E-state index in [0.29, 0.717) is 11.1 Å². The van der Waals surface area contributed by atoms with E-state index >= 15 is 0 Å². The van der Waals surface area contributed by atoms with Crippen molar-refractivity contribution in [3.63, 3.8) is 0 Å². The summed E-state index contributed by atoms with van der Waals surface area (Å²) in [5, 5.41) is 21.5. The first-order valence-corrected chi connectivity index (χ1v) is 5.21. The fourth-order valence-corrected chi connectivity index (χ4v) is 1.65. The third-order valence-electron chi connectivity index (χ3n) is 2.53. The molecule has 2 aromatic carbocycles. The molecular weight excluding hydrogens is 310 g/mol. The quantitative estimate of drug-likeness (QED) is 0.528. The number of hydrogen-bond donors (Lipinski definition) is 0. The van der Waals surface area contributed by atoms with Gasteiger partial charge in [0.05, 0.1) is 11.9 Å². The maximum atomic E-state index is 10.7. The van der Waals surface area contributed by atoms with Gasteiger partial charge >= 0.3 is 103 Å². The Hall–Kier alpha value is 0.653. The van der Waals surface area contributed by atoms with Crippen LogP contribution in [0.2, 0.25) is 0 Å². The zero-order valence-corrected chi connectivity index (χ0v) is 17.5. The van der Waals surface area contributed by atoms with Gasteiger partial charge in [-0.2, -0.15) is 0 Å². The van der Waals surface area contributed by atoms with Crippen LogP contribution < -0.4 is 113 Å². The van der Waals surface area contributed by atoms with E-state index in [1.165, 1.54) is 24.3 Å². The summed E-state index contributed by atoms with van der Waals surface area (Å²) >= 11 is 0. The average Bonchev–Trinajstić information content (AvgIpc) is 2.39. The molecule has 0 bridgehead atoms. The molecule has 0 heterocycles. The van der Waals surface area contributed by atoms with E-state index in [0.717, 1.165) is 0 Å². The molecule has 0 amide bonds. The fourth-order valence-electron chi connectivity index (χ4n) is 1.65. The van der Waals surface area contributed by atoms with E-state index in [1.54, 1.807) is 24.3 Å². The number of rotatable bonds is 3. The van der Waals surface area contributed by atoms with Gasteiger partial charge in [0.15, 0.2) is 0 Å². The van der Waals surface area contributed by atoms with Gasteiger partial charge in [-0.3, -0.25) is 0 Å². The predicted molar refractivity (Wildman–Crippen MR) is 60.5 cm³/mol. The van der Waals surface area contributed by atoms with E-state index in [2.05, 4.69) is 0 Å². The minimum Gasteiger partial charge on any atom is -0.545 e. The van der Waals surface area contributed by atoms with Crippen molar-refractivity contribution in [1.82, 2.24) is 0 Å². The minimum absolute atomic E-state index is 0. The molecule has 2 rings (SSSR count). The Morgan fingerprint density at radius 3 is 1.35 bits per heavy atom. The van der Waals surface area contributed by atoms with Gasteiger partial charge in [-0.15, -0.1) is 0 Å². The van der Waals surface area contributed by atoms with Gasteiger partial charge < -0.3 is 19.8 Å². The fraction of sp³-hybridized carbons (Fsp3) is 0. The number of carboxylic acid groups (broad SMARTS) is 2. The van der Waals surface area contributed by atoms with E-state index in [4.69, 9.17) is 0 Å². The summed E-state index contributed by atoms with van der Waals surface area (Å²) in [6.45, 7) is 0. The van der Waals surface area contributed by atoms with E-state index in [-0.39, 0.29) is 114 Å². The van der Waals surface area contributed by atoms with Crippen molar-refractivity contribution in [2.45, 2.75) is 0 Å². The molecule has 0 fully saturated rings. The molecule has 4 nitrogen and oxygen atoms in total. The number of carboxylic acids is 2. The molecule has 0 spiro atoms.